The summed E-state index contributed by atoms with van der Waals surface area (Å²) in [6.07, 6.45) is 0. The molecule has 0 unspecified atom stereocenters. The van der Waals surface area contributed by atoms with Gasteiger partial charge in [0.1, 0.15) is 5.82 Å². The van der Waals surface area contributed by atoms with E-state index in [4.69, 9.17) is 4.74 Å². The Morgan fingerprint density at radius 3 is 2.88 bits per heavy atom. The van der Waals surface area contributed by atoms with Crippen molar-refractivity contribution in [3.8, 4) is 0 Å². The highest BCUT2D eigenvalue weighted by Gasteiger charge is 2.12. The largest absolute Gasteiger partial charge is 0.387 e. The molecule has 1 aromatic heterocycles. The Morgan fingerprint density at radius 1 is 1.47 bits per heavy atom. The zero-order valence-corrected chi connectivity index (χ0v) is 11.1. The van der Waals surface area contributed by atoms with E-state index in [1.165, 1.54) is 6.07 Å². The molecule has 3 nitrogen and oxygen atoms in total. The molecule has 0 fully saturated rings. The smallest absolute Gasteiger partial charge is 0.134 e. The molecule has 0 spiro atoms. The molecule has 0 amide bonds. The lowest BCUT2D eigenvalue weighted by atomic mass is 10.1. The van der Waals surface area contributed by atoms with Crippen molar-refractivity contribution in [2.24, 2.45) is 0 Å². The van der Waals surface area contributed by atoms with Crippen LogP contribution < -0.4 is 5.32 Å². The van der Waals surface area contributed by atoms with Gasteiger partial charge in [-0.05, 0) is 34.1 Å². The van der Waals surface area contributed by atoms with Gasteiger partial charge in [0.2, 0.25) is 0 Å². The quantitative estimate of drug-likeness (QED) is 0.944. The first-order chi connectivity index (χ1) is 8.17. The van der Waals surface area contributed by atoms with E-state index in [0.717, 1.165) is 10.2 Å². The molecule has 2 rings (SSSR count). The Balaban J connectivity index is 2.77. The molecule has 0 atom stereocenters. The Labute approximate surface area is 107 Å². The topological polar surface area (TPSA) is 34.1 Å². The number of benzene rings is 1. The van der Waals surface area contributed by atoms with Crippen LogP contribution >= 0.6 is 15.9 Å². The summed E-state index contributed by atoms with van der Waals surface area (Å²) in [7, 11) is 3.36. The maximum atomic E-state index is 13.8. The van der Waals surface area contributed by atoms with Gasteiger partial charge in [0, 0.05) is 24.3 Å². The number of halogens is 2. The Kier molecular flexibility index (Phi) is 3.59. The van der Waals surface area contributed by atoms with Gasteiger partial charge in [-0.2, -0.15) is 0 Å². The highest BCUT2D eigenvalue weighted by atomic mass is 79.9. The molecule has 0 aliphatic rings. The van der Waals surface area contributed by atoms with Gasteiger partial charge in [0.05, 0.1) is 23.2 Å². The monoisotopic (exact) mass is 298 g/mol. The number of anilines is 1. The van der Waals surface area contributed by atoms with Crippen molar-refractivity contribution in [3.63, 3.8) is 0 Å². The van der Waals surface area contributed by atoms with Gasteiger partial charge in [-0.3, -0.25) is 0 Å². The number of ether oxygens (including phenoxy) is 1. The second-order valence-corrected chi connectivity index (χ2v) is 4.45. The first kappa shape index (κ1) is 12.3. The molecule has 0 saturated carbocycles. The highest BCUT2D eigenvalue weighted by Crippen LogP contribution is 2.31. The molecule has 1 aromatic carbocycles. The molecule has 17 heavy (non-hydrogen) atoms. The van der Waals surface area contributed by atoms with E-state index in [-0.39, 0.29) is 5.82 Å². The molecule has 0 radical (unpaired) electrons. The van der Waals surface area contributed by atoms with E-state index in [2.05, 4.69) is 26.2 Å². The van der Waals surface area contributed by atoms with Gasteiger partial charge in [-0.1, -0.05) is 0 Å². The second kappa shape index (κ2) is 4.98. The van der Waals surface area contributed by atoms with E-state index in [1.807, 2.05) is 0 Å². The number of aromatic nitrogens is 1. The van der Waals surface area contributed by atoms with Gasteiger partial charge >= 0.3 is 0 Å². The molecule has 90 valence electrons. The molecular weight excluding hydrogens is 287 g/mol. The number of methoxy groups -OCH3 is 1. The van der Waals surface area contributed by atoms with Crippen LogP contribution in [0, 0.1) is 5.82 Å². The third kappa shape index (κ3) is 2.25. The lowest BCUT2D eigenvalue weighted by Crippen LogP contribution is -1.99. The number of nitrogens with one attached hydrogen (secondary N) is 1. The summed E-state index contributed by atoms with van der Waals surface area (Å²) in [5.74, 6) is -0.288. The number of rotatable bonds is 3. The molecule has 0 aliphatic heterocycles. The van der Waals surface area contributed by atoms with E-state index in [9.17, 15) is 4.39 Å². The predicted molar refractivity (Wildman–Crippen MR) is 69.7 cm³/mol. The van der Waals surface area contributed by atoms with Crippen LogP contribution in [0.25, 0.3) is 10.9 Å². The summed E-state index contributed by atoms with van der Waals surface area (Å²) in [4.78, 5) is 4.38. The Morgan fingerprint density at radius 2 is 2.24 bits per heavy atom. The fourth-order valence-electron chi connectivity index (χ4n) is 1.74. The van der Waals surface area contributed by atoms with Gasteiger partial charge in [0.15, 0.2) is 0 Å². The van der Waals surface area contributed by atoms with Crippen molar-refractivity contribution in [1.29, 1.82) is 0 Å². The van der Waals surface area contributed by atoms with Gasteiger partial charge in [0.25, 0.3) is 0 Å². The molecule has 0 saturated heterocycles. The van der Waals surface area contributed by atoms with E-state index >= 15 is 0 Å². The summed E-state index contributed by atoms with van der Waals surface area (Å²) < 4.78 is 19.6. The van der Waals surface area contributed by atoms with Crippen molar-refractivity contribution in [1.82, 2.24) is 4.98 Å². The van der Waals surface area contributed by atoms with Crippen molar-refractivity contribution >= 4 is 32.5 Å². The first-order valence-electron chi connectivity index (χ1n) is 5.11. The number of pyridine rings is 1. The van der Waals surface area contributed by atoms with Crippen molar-refractivity contribution in [3.05, 3.63) is 34.2 Å². The van der Waals surface area contributed by atoms with Crippen molar-refractivity contribution < 1.29 is 9.13 Å². The molecule has 2 aromatic rings. The van der Waals surface area contributed by atoms with Crippen LogP contribution in [-0.4, -0.2) is 19.1 Å². The van der Waals surface area contributed by atoms with Crippen LogP contribution in [0.4, 0.5) is 10.1 Å². The summed E-state index contributed by atoms with van der Waals surface area (Å²) >= 11 is 3.38. The lowest BCUT2D eigenvalue weighted by molar-refractivity contribution is 0.182. The van der Waals surface area contributed by atoms with Gasteiger partial charge in [-0.25, -0.2) is 9.37 Å². The maximum Gasteiger partial charge on any atom is 0.134 e. The second-order valence-electron chi connectivity index (χ2n) is 3.60. The normalized spacial score (nSPS) is 10.8. The summed E-state index contributed by atoms with van der Waals surface area (Å²) in [5.41, 5.74) is 2.07. The average molecular weight is 299 g/mol. The minimum atomic E-state index is -0.288. The van der Waals surface area contributed by atoms with E-state index < -0.39 is 0 Å². The summed E-state index contributed by atoms with van der Waals surface area (Å²) in [6, 6.07) is 4.87. The van der Waals surface area contributed by atoms with Crippen LogP contribution in [0.5, 0.6) is 0 Å². The maximum absolute atomic E-state index is 13.8. The van der Waals surface area contributed by atoms with Gasteiger partial charge in [-0.15, -0.1) is 0 Å². The molecule has 1 N–H and O–H groups in total. The SMILES string of the molecule is CNc1cc(COC)nc2c(Br)ccc(F)c12. The predicted octanol–water partition coefficient (Wildman–Crippen LogP) is 3.32. The van der Waals surface area contributed by atoms with Crippen LogP contribution in [-0.2, 0) is 11.3 Å². The number of nitrogens with zero attached hydrogens (tertiary/aromatic N) is 1. The minimum absolute atomic E-state index is 0.288. The van der Waals surface area contributed by atoms with Crippen LogP contribution in [0.1, 0.15) is 5.69 Å². The third-order valence-corrected chi connectivity index (χ3v) is 3.11. The fraction of sp³-hybridized carbons (Fsp3) is 0.250. The molecule has 0 bridgehead atoms. The first-order valence-corrected chi connectivity index (χ1v) is 5.91. The Bertz CT molecular complexity index is 560. The van der Waals surface area contributed by atoms with E-state index in [1.54, 1.807) is 26.3 Å². The van der Waals surface area contributed by atoms with Gasteiger partial charge < -0.3 is 10.1 Å². The van der Waals surface area contributed by atoms with E-state index in [0.29, 0.717) is 23.2 Å². The Hall–Kier alpha value is -1.20. The molecule has 1 heterocycles. The zero-order valence-electron chi connectivity index (χ0n) is 9.55. The van der Waals surface area contributed by atoms with Crippen LogP contribution in [0.15, 0.2) is 22.7 Å². The fourth-order valence-corrected chi connectivity index (χ4v) is 2.16. The van der Waals surface area contributed by atoms with Crippen LogP contribution in [0.3, 0.4) is 0 Å². The molecule has 5 heteroatoms. The highest BCUT2D eigenvalue weighted by molar-refractivity contribution is 9.10. The number of hydrogen-bond donors (Lipinski definition) is 1. The zero-order chi connectivity index (χ0) is 12.4. The third-order valence-electron chi connectivity index (χ3n) is 2.48. The standard InChI is InChI=1S/C12H12BrFN2O/c1-15-10-5-7(6-17-2)16-12-8(13)3-4-9(14)11(10)12/h3-5H,6H2,1-2H3,(H,15,16). The number of hydrogen-bond acceptors (Lipinski definition) is 3. The minimum Gasteiger partial charge on any atom is -0.387 e. The van der Waals surface area contributed by atoms with Crippen molar-refractivity contribution in [2.45, 2.75) is 6.61 Å². The van der Waals surface area contributed by atoms with Crippen molar-refractivity contribution in [2.75, 3.05) is 19.5 Å². The summed E-state index contributed by atoms with van der Waals surface area (Å²) in [5, 5.41) is 3.47. The average Bonchev–Trinajstić information content (AvgIpc) is 2.33. The number of fused-ring (bicyclic) bond motifs is 1. The van der Waals surface area contributed by atoms with Crippen LogP contribution in [0.2, 0.25) is 0 Å². The molecule has 0 aliphatic carbocycles. The lowest BCUT2D eigenvalue weighted by Gasteiger charge is -2.10. The summed E-state index contributed by atoms with van der Waals surface area (Å²) in [6.45, 7) is 0.396. The molecular formula is C12H12BrFN2O.